The van der Waals surface area contributed by atoms with Gasteiger partial charge in [-0.05, 0) is 24.2 Å². The summed E-state index contributed by atoms with van der Waals surface area (Å²) in [6.45, 7) is 3.65. The molecule has 1 aliphatic heterocycles. The molecule has 3 rings (SSSR count). The number of allylic oxidation sites excluding steroid dienone is 2. The molecule has 20 heavy (non-hydrogen) atoms. The molecule has 108 valence electrons. The average molecular weight is 277 g/mol. The highest BCUT2D eigenvalue weighted by Crippen LogP contribution is 2.53. The van der Waals surface area contributed by atoms with Crippen molar-refractivity contribution < 1.29 is 19.5 Å². The summed E-state index contributed by atoms with van der Waals surface area (Å²) in [6.07, 6.45) is 5.51. The molecule has 1 saturated carbocycles. The molecule has 1 heterocycles. The lowest BCUT2D eigenvalue weighted by atomic mass is 9.85. The fraction of sp³-hybridized carbons (Fsp3) is 0.667. The van der Waals surface area contributed by atoms with Crippen LogP contribution in [0.1, 0.15) is 26.7 Å². The second-order valence-electron chi connectivity index (χ2n) is 6.21. The van der Waals surface area contributed by atoms with Crippen LogP contribution in [-0.4, -0.2) is 33.8 Å². The lowest BCUT2D eigenvalue weighted by molar-refractivity contribution is -0.157. The number of nitrogens with zero attached hydrogens (tertiary/aromatic N) is 1. The van der Waals surface area contributed by atoms with Gasteiger partial charge in [-0.3, -0.25) is 14.5 Å². The molecule has 0 unspecified atom stereocenters. The van der Waals surface area contributed by atoms with Gasteiger partial charge in [-0.2, -0.15) is 0 Å². The Morgan fingerprint density at radius 1 is 1.30 bits per heavy atom. The molecular formula is C15H19NO4. The van der Waals surface area contributed by atoms with Gasteiger partial charge in [0.25, 0.3) is 0 Å². The first-order valence-corrected chi connectivity index (χ1v) is 7.25. The van der Waals surface area contributed by atoms with E-state index in [9.17, 15) is 19.5 Å². The SMILES string of the molecule is CC[C@H](C)[C@@H](C(=O)O)N1C(=O)[C@@H]2[C@H](C1=O)[C@@H]1C=C[C@H]2C1. The van der Waals surface area contributed by atoms with Crippen LogP contribution in [0, 0.1) is 29.6 Å². The first-order valence-electron chi connectivity index (χ1n) is 7.25. The number of carbonyl (C=O) groups is 3. The molecule has 1 N–H and O–H groups in total. The number of likely N-dealkylation sites (tertiary alicyclic amines) is 1. The smallest absolute Gasteiger partial charge is 0.327 e. The minimum atomic E-state index is -1.08. The number of amides is 2. The van der Waals surface area contributed by atoms with Gasteiger partial charge >= 0.3 is 5.97 Å². The molecular weight excluding hydrogens is 258 g/mol. The van der Waals surface area contributed by atoms with Gasteiger partial charge in [-0.1, -0.05) is 32.4 Å². The maximum atomic E-state index is 12.6. The maximum absolute atomic E-state index is 12.6. The minimum absolute atomic E-state index is 0.123. The van der Waals surface area contributed by atoms with Gasteiger partial charge in [0, 0.05) is 0 Å². The summed E-state index contributed by atoms with van der Waals surface area (Å²) in [5, 5.41) is 9.42. The van der Waals surface area contributed by atoms with Crippen molar-refractivity contribution in [1.82, 2.24) is 4.90 Å². The predicted molar refractivity (Wildman–Crippen MR) is 70.4 cm³/mol. The van der Waals surface area contributed by atoms with E-state index in [-0.39, 0.29) is 41.4 Å². The molecule has 2 aliphatic carbocycles. The van der Waals surface area contributed by atoms with E-state index in [1.54, 1.807) is 6.92 Å². The van der Waals surface area contributed by atoms with Gasteiger partial charge in [0.05, 0.1) is 11.8 Å². The topological polar surface area (TPSA) is 74.7 Å². The number of carboxylic acids is 1. The normalized spacial score (nSPS) is 37.4. The summed E-state index contributed by atoms with van der Waals surface area (Å²) >= 11 is 0. The molecule has 5 heteroatoms. The van der Waals surface area contributed by atoms with Gasteiger partial charge in [0.15, 0.2) is 0 Å². The molecule has 2 amide bonds. The molecule has 2 bridgehead atoms. The van der Waals surface area contributed by atoms with E-state index >= 15 is 0 Å². The van der Waals surface area contributed by atoms with Crippen LogP contribution in [0.2, 0.25) is 0 Å². The molecule has 0 spiro atoms. The average Bonchev–Trinajstić information content (AvgIpc) is 3.07. The summed E-state index contributed by atoms with van der Waals surface area (Å²) < 4.78 is 0. The van der Waals surface area contributed by atoms with Crippen LogP contribution >= 0.6 is 0 Å². The summed E-state index contributed by atoms with van der Waals surface area (Å²) in [6, 6.07) is -1.02. The first kappa shape index (κ1) is 13.3. The molecule has 0 aromatic carbocycles. The Bertz CT molecular complexity index is 482. The number of carbonyl (C=O) groups excluding carboxylic acids is 2. The van der Waals surface area contributed by atoms with Crippen LogP contribution < -0.4 is 0 Å². The van der Waals surface area contributed by atoms with E-state index in [0.717, 1.165) is 11.3 Å². The zero-order chi connectivity index (χ0) is 14.6. The molecule has 5 nitrogen and oxygen atoms in total. The zero-order valence-electron chi connectivity index (χ0n) is 11.7. The Morgan fingerprint density at radius 3 is 2.20 bits per heavy atom. The van der Waals surface area contributed by atoms with Gasteiger partial charge in [0.2, 0.25) is 11.8 Å². The number of imide groups is 1. The van der Waals surface area contributed by atoms with E-state index in [0.29, 0.717) is 6.42 Å². The van der Waals surface area contributed by atoms with Crippen LogP contribution in [0.5, 0.6) is 0 Å². The van der Waals surface area contributed by atoms with Crippen molar-refractivity contribution in [2.45, 2.75) is 32.7 Å². The van der Waals surface area contributed by atoms with E-state index in [1.807, 2.05) is 19.1 Å². The Kier molecular flexibility index (Phi) is 2.96. The van der Waals surface area contributed by atoms with Crippen molar-refractivity contribution in [3.8, 4) is 0 Å². The molecule has 2 fully saturated rings. The summed E-state index contributed by atoms with van der Waals surface area (Å²) in [4.78, 5) is 37.7. The van der Waals surface area contributed by atoms with Crippen molar-refractivity contribution in [1.29, 1.82) is 0 Å². The largest absolute Gasteiger partial charge is 0.480 e. The number of carboxylic acid groups (broad SMARTS) is 1. The van der Waals surface area contributed by atoms with Crippen molar-refractivity contribution in [2.75, 3.05) is 0 Å². The number of hydrogen-bond acceptors (Lipinski definition) is 3. The number of hydrogen-bond donors (Lipinski definition) is 1. The van der Waals surface area contributed by atoms with E-state index in [2.05, 4.69) is 0 Å². The third kappa shape index (κ3) is 1.58. The molecule has 0 aromatic heterocycles. The highest BCUT2D eigenvalue weighted by atomic mass is 16.4. The van der Waals surface area contributed by atoms with E-state index < -0.39 is 12.0 Å². The van der Waals surface area contributed by atoms with Crippen LogP contribution in [0.4, 0.5) is 0 Å². The summed E-state index contributed by atoms with van der Waals surface area (Å²) in [5.41, 5.74) is 0. The van der Waals surface area contributed by atoms with Crippen molar-refractivity contribution in [3.63, 3.8) is 0 Å². The maximum Gasteiger partial charge on any atom is 0.327 e. The van der Waals surface area contributed by atoms with Crippen molar-refractivity contribution in [3.05, 3.63) is 12.2 Å². The number of fused-ring (bicyclic) bond motifs is 5. The third-order valence-electron chi connectivity index (χ3n) is 5.22. The Hall–Kier alpha value is -1.65. The molecule has 3 aliphatic rings. The lowest BCUT2D eigenvalue weighted by Crippen LogP contribution is -2.49. The predicted octanol–water partition coefficient (Wildman–Crippen LogP) is 1.29. The highest BCUT2D eigenvalue weighted by molar-refractivity contribution is 6.08. The molecule has 6 atom stereocenters. The number of aliphatic carboxylic acids is 1. The second kappa shape index (κ2) is 4.43. The van der Waals surface area contributed by atoms with Gasteiger partial charge in [0.1, 0.15) is 6.04 Å². The minimum Gasteiger partial charge on any atom is -0.480 e. The van der Waals surface area contributed by atoms with E-state index in [1.165, 1.54) is 0 Å². The highest BCUT2D eigenvalue weighted by Gasteiger charge is 2.61. The molecule has 0 radical (unpaired) electrons. The lowest BCUT2D eigenvalue weighted by Gasteiger charge is -2.28. The first-order chi connectivity index (χ1) is 9.47. The Morgan fingerprint density at radius 2 is 1.80 bits per heavy atom. The quantitative estimate of drug-likeness (QED) is 0.620. The van der Waals surface area contributed by atoms with Crippen LogP contribution in [-0.2, 0) is 14.4 Å². The fourth-order valence-electron chi connectivity index (χ4n) is 4.03. The Balaban J connectivity index is 1.94. The van der Waals surface area contributed by atoms with Crippen molar-refractivity contribution in [2.24, 2.45) is 29.6 Å². The zero-order valence-corrected chi connectivity index (χ0v) is 11.7. The Labute approximate surface area is 117 Å². The number of rotatable bonds is 4. The van der Waals surface area contributed by atoms with Gasteiger partial charge in [-0.25, -0.2) is 4.79 Å². The van der Waals surface area contributed by atoms with Gasteiger partial charge in [-0.15, -0.1) is 0 Å². The van der Waals surface area contributed by atoms with Crippen LogP contribution in [0.25, 0.3) is 0 Å². The van der Waals surface area contributed by atoms with Crippen LogP contribution in [0.3, 0.4) is 0 Å². The summed E-state index contributed by atoms with van der Waals surface area (Å²) in [5.74, 6) is -2.25. The van der Waals surface area contributed by atoms with Crippen molar-refractivity contribution >= 4 is 17.8 Å². The monoisotopic (exact) mass is 277 g/mol. The van der Waals surface area contributed by atoms with Crippen LogP contribution in [0.15, 0.2) is 12.2 Å². The van der Waals surface area contributed by atoms with Gasteiger partial charge < -0.3 is 5.11 Å². The third-order valence-corrected chi connectivity index (χ3v) is 5.22. The summed E-state index contributed by atoms with van der Waals surface area (Å²) in [7, 11) is 0. The molecule has 0 aromatic rings. The fourth-order valence-corrected chi connectivity index (χ4v) is 4.03. The standard InChI is InChI=1S/C15H19NO4/c1-3-7(2)12(15(19)20)16-13(17)10-8-4-5-9(6-8)11(10)14(16)18/h4-5,7-12H,3,6H2,1-2H3,(H,19,20)/t7-,8-,9+,10-,11+,12-/m0/s1. The van der Waals surface area contributed by atoms with E-state index in [4.69, 9.17) is 0 Å². The second-order valence-corrected chi connectivity index (χ2v) is 6.21. The molecule has 1 saturated heterocycles.